The van der Waals surface area contributed by atoms with Gasteiger partial charge in [0.05, 0.1) is 24.1 Å². The SMILES string of the molecule is Cc1cnc(Cn2ccc(C)c(C(=O)N3CCNC(=O)[C@@H]3Cc3ccccc3)c2=O)cn1. The maximum atomic E-state index is 13.5. The Morgan fingerprint density at radius 2 is 1.88 bits per heavy atom. The second-order valence-electron chi connectivity index (χ2n) is 7.95. The van der Waals surface area contributed by atoms with E-state index < -0.39 is 17.5 Å². The third-order valence-electron chi connectivity index (χ3n) is 5.62. The van der Waals surface area contributed by atoms with Gasteiger partial charge in [-0.1, -0.05) is 30.3 Å². The molecule has 0 bridgehead atoms. The Morgan fingerprint density at radius 1 is 1.09 bits per heavy atom. The molecule has 1 aliphatic heterocycles. The van der Waals surface area contributed by atoms with E-state index in [9.17, 15) is 14.4 Å². The highest BCUT2D eigenvalue weighted by Crippen LogP contribution is 2.16. The van der Waals surface area contributed by atoms with Crippen molar-refractivity contribution in [2.24, 2.45) is 0 Å². The van der Waals surface area contributed by atoms with Crippen molar-refractivity contribution in [2.75, 3.05) is 13.1 Å². The van der Waals surface area contributed by atoms with Gasteiger partial charge >= 0.3 is 0 Å². The van der Waals surface area contributed by atoms with Crippen LogP contribution >= 0.6 is 0 Å². The van der Waals surface area contributed by atoms with Gasteiger partial charge in [0.15, 0.2) is 0 Å². The molecule has 32 heavy (non-hydrogen) atoms. The van der Waals surface area contributed by atoms with Gasteiger partial charge in [0.2, 0.25) is 5.91 Å². The molecule has 0 radical (unpaired) electrons. The molecule has 1 N–H and O–H groups in total. The quantitative estimate of drug-likeness (QED) is 0.660. The lowest BCUT2D eigenvalue weighted by Crippen LogP contribution is -2.58. The van der Waals surface area contributed by atoms with Crippen molar-refractivity contribution < 1.29 is 9.59 Å². The van der Waals surface area contributed by atoms with Crippen LogP contribution in [0.5, 0.6) is 0 Å². The Morgan fingerprint density at radius 3 is 2.59 bits per heavy atom. The molecular formula is C24H25N5O3. The molecule has 3 heterocycles. The highest BCUT2D eigenvalue weighted by molar-refractivity contribution is 5.99. The van der Waals surface area contributed by atoms with Crippen LogP contribution in [0.2, 0.25) is 0 Å². The van der Waals surface area contributed by atoms with Crippen LogP contribution in [0.15, 0.2) is 59.8 Å². The monoisotopic (exact) mass is 431 g/mol. The van der Waals surface area contributed by atoms with Crippen LogP contribution in [0.4, 0.5) is 0 Å². The fourth-order valence-electron chi connectivity index (χ4n) is 3.87. The molecule has 8 nitrogen and oxygen atoms in total. The first-order valence-electron chi connectivity index (χ1n) is 10.5. The van der Waals surface area contributed by atoms with Gasteiger partial charge in [-0.25, -0.2) is 0 Å². The summed E-state index contributed by atoms with van der Waals surface area (Å²) in [5.41, 5.74) is 2.62. The van der Waals surface area contributed by atoms with E-state index in [1.165, 1.54) is 9.47 Å². The maximum absolute atomic E-state index is 13.5. The molecule has 2 aromatic heterocycles. The number of nitrogens with one attached hydrogen (secondary N) is 1. The zero-order valence-electron chi connectivity index (χ0n) is 18.1. The number of aryl methyl sites for hydroxylation is 2. The summed E-state index contributed by atoms with van der Waals surface area (Å²) in [6.07, 6.45) is 5.30. The molecule has 0 spiro atoms. The molecule has 4 rings (SSSR count). The smallest absolute Gasteiger partial charge is 0.264 e. The van der Waals surface area contributed by atoms with Gasteiger partial charge in [0.25, 0.3) is 11.5 Å². The number of piperazine rings is 1. The Bertz CT molecular complexity index is 1190. The summed E-state index contributed by atoms with van der Waals surface area (Å²) in [6, 6.07) is 10.6. The van der Waals surface area contributed by atoms with Gasteiger partial charge < -0.3 is 14.8 Å². The average molecular weight is 431 g/mol. The standard InChI is InChI=1S/C24H25N5O3/c1-16-8-10-28(15-19-14-26-17(2)13-27-19)23(31)21(16)24(32)29-11-9-25-22(30)20(29)12-18-6-4-3-5-7-18/h3-8,10,13-14,20H,9,11-12,15H2,1-2H3,(H,25,30)/t20-/m0/s1. The van der Waals surface area contributed by atoms with E-state index in [4.69, 9.17) is 0 Å². The Hall–Kier alpha value is -3.81. The summed E-state index contributed by atoms with van der Waals surface area (Å²) >= 11 is 0. The average Bonchev–Trinajstić information content (AvgIpc) is 2.79. The molecular weight excluding hydrogens is 406 g/mol. The fraction of sp³-hybridized carbons (Fsp3) is 0.292. The van der Waals surface area contributed by atoms with E-state index in [1.54, 1.807) is 31.6 Å². The predicted octanol–water partition coefficient (Wildman–Crippen LogP) is 1.49. The molecule has 0 unspecified atom stereocenters. The van der Waals surface area contributed by atoms with E-state index in [1.807, 2.05) is 37.3 Å². The fourth-order valence-corrected chi connectivity index (χ4v) is 3.87. The van der Waals surface area contributed by atoms with Crippen molar-refractivity contribution in [3.05, 3.63) is 93.4 Å². The minimum atomic E-state index is -0.672. The van der Waals surface area contributed by atoms with Gasteiger partial charge in [-0.05, 0) is 31.0 Å². The lowest BCUT2D eigenvalue weighted by atomic mass is 10.0. The van der Waals surface area contributed by atoms with E-state index in [0.29, 0.717) is 30.8 Å². The molecule has 1 aromatic carbocycles. The molecule has 1 saturated heterocycles. The third kappa shape index (κ3) is 4.44. The van der Waals surface area contributed by atoms with Crippen molar-refractivity contribution in [2.45, 2.75) is 32.9 Å². The number of carbonyl (C=O) groups is 2. The number of benzene rings is 1. The first-order chi connectivity index (χ1) is 15.4. The number of nitrogens with zero attached hydrogens (tertiary/aromatic N) is 4. The normalized spacial score (nSPS) is 16.0. The van der Waals surface area contributed by atoms with Crippen LogP contribution in [0, 0.1) is 13.8 Å². The molecule has 2 amide bonds. The number of aromatic nitrogens is 3. The lowest BCUT2D eigenvalue weighted by molar-refractivity contribution is -0.127. The van der Waals surface area contributed by atoms with Gasteiger partial charge in [-0.3, -0.25) is 24.4 Å². The number of pyridine rings is 1. The molecule has 3 aromatic rings. The van der Waals surface area contributed by atoms with Crippen molar-refractivity contribution in [1.29, 1.82) is 0 Å². The van der Waals surface area contributed by atoms with Gasteiger partial charge in [-0.15, -0.1) is 0 Å². The summed E-state index contributed by atoms with van der Waals surface area (Å²) in [6.45, 7) is 4.49. The van der Waals surface area contributed by atoms with Crippen LogP contribution in [0.25, 0.3) is 0 Å². The minimum Gasteiger partial charge on any atom is -0.353 e. The highest BCUT2D eigenvalue weighted by Gasteiger charge is 2.35. The van der Waals surface area contributed by atoms with Gasteiger partial charge in [0.1, 0.15) is 11.6 Å². The first kappa shape index (κ1) is 21.4. The van der Waals surface area contributed by atoms with Gasteiger partial charge in [-0.2, -0.15) is 0 Å². The molecule has 0 saturated carbocycles. The largest absolute Gasteiger partial charge is 0.353 e. The topological polar surface area (TPSA) is 97.2 Å². The van der Waals surface area contributed by atoms with Crippen LogP contribution in [-0.2, 0) is 17.8 Å². The second-order valence-corrected chi connectivity index (χ2v) is 7.95. The van der Waals surface area contributed by atoms with E-state index in [-0.39, 0.29) is 18.0 Å². The summed E-state index contributed by atoms with van der Waals surface area (Å²) in [4.78, 5) is 49.5. The Balaban J connectivity index is 1.65. The second kappa shape index (κ2) is 9.13. The Kier molecular flexibility index (Phi) is 6.11. The third-order valence-corrected chi connectivity index (χ3v) is 5.62. The number of amides is 2. The molecule has 0 aliphatic carbocycles. The molecule has 164 valence electrons. The first-order valence-corrected chi connectivity index (χ1v) is 10.5. The zero-order chi connectivity index (χ0) is 22.7. The highest BCUT2D eigenvalue weighted by atomic mass is 16.2. The number of hydrogen-bond acceptors (Lipinski definition) is 5. The van der Waals surface area contributed by atoms with Crippen molar-refractivity contribution >= 4 is 11.8 Å². The summed E-state index contributed by atoms with van der Waals surface area (Å²) in [5, 5.41) is 2.84. The van der Waals surface area contributed by atoms with Crippen LogP contribution in [-0.4, -0.2) is 50.4 Å². The maximum Gasteiger partial charge on any atom is 0.264 e. The Labute approximate surface area is 185 Å². The van der Waals surface area contributed by atoms with Crippen LogP contribution in [0.3, 0.4) is 0 Å². The minimum absolute atomic E-state index is 0.0836. The van der Waals surface area contributed by atoms with Gasteiger partial charge in [0, 0.05) is 31.9 Å². The van der Waals surface area contributed by atoms with E-state index in [0.717, 1.165) is 11.3 Å². The number of hydrogen-bond donors (Lipinski definition) is 1. The molecule has 8 heteroatoms. The molecule has 1 aliphatic rings. The van der Waals surface area contributed by atoms with Crippen LogP contribution < -0.4 is 10.9 Å². The van der Waals surface area contributed by atoms with E-state index in [2.05, 4.69) is 15.3 Å². The summed E-state index contributed by atoms with van der Waals surface area (Å²) in [5.74, 6) is -0.634. The molecule has 1 fully saturated rings. The summed E-state index contributed by atoms with van der Waals surface area (Å²) in [7, 11) is 0. The van der Waals surface area contributed by atoms with Crippen LogP contribution in [0.1, 0.15) is 32.9 Å². The number of rotatable bonds is 5. The van der Waals surface area contributed by atoms with Crippen molar-refractivity contribution in [3.63, 3.8) is 0 Å². The summed E-state index contributed by atoms with van der Waals surface area (Å²) < 4.78 is 1.45. The predicted molar refractivity (Wildman–Crippen MR) is 119 cm³/mol. The van der Waals surface area contributed by atoms with Crippen molar-refractivity contribution in [1.82, 2.24) is 24.8 Å². The molecule has 1 atom stereocenters. The lowest BCUT2D eigenvalue weighted by Gasteiger charge is -2.35. The zero-order valence-corrected chi connectivity index (χ0v) is 18.1. The number of carbonyl (C=O) groups excluding carboxylic acids is 2. The van der Waals surface area contributed by atoms with Crippen molar-refractivity contribution in [3.8, 4) is 0 Å². The van der Waals surface area contributed by atoms with E-state index >= 15 is 0 Å².